The fourth-order valence-electron chi connectivity index (χ4n) is 2.09. The van der Waals surface area contributed by atoms with Crippen molar-refractivity contribution in [3.63, 3.8) is 0 Å². The molecule has 0 aromatic carbocycles. The highest BCUT2D eigenvalue weighted by molar-refractivity contribution is 5.93. The van der Waals surface area contributed by atoms with E-state index in [-0.39, 0.29) is 12.2 Å². The number of imidazole rings is 1. The zero-order valence-electron chi connectivity index (χ0n) is 13.9. The summed E-state index contributed by atoms with van der Waals surface area (Å²) in [5.74, 6) is -0.532. The molecule has 0 aliphatic heterocycles. The van der Waals surface area contributed by atoms with Gasteiger partial charge in [0.05, 0.1) is 6.33 Å². The number of anilines is 1. The second-order valence-electron chi connectivity index (χ2n) is 6.31. The molecule has 2 heterocycles. The third-order valence-electron chi connectivity index (χ3n) is 3.06. The van der Waals surface area contributed by atoms with Crippen LogP contribution in [0.25, 0.3) is 11.2 Å². The Morgan fingerprint density at radius 3 is 2.67 bits per heavy atom. The van der Waals surface area contributed by atoms with Gasteiger partial charge in [-0.2, -0.15) is 0 Å². The number of nitrogens with one attached hydrogen (secondary N) is 1. The predicted octanol–water partition coefficient (Wildman–Crippen LogP) is 2.43. The summed E-state index contributed by atoms with van der Waals surface area (Å²) in [6.07, 6.45) is 3.72. The molecule has 1 amide bonds. The lowest BCUT2D eigenvalue weighted by Gasteiger charge is -2.19. The normalized spacial score (nSPS) is 11.5. The summed E-state index contributed by atoms with van der Waals surface area (Å²) in [7, 11) is 0. The summed E-state index contributed by atoms with van der Waals surface area (Å²) < 4.78 is 7.00. The van der Waals surface area contributed by atoms with Crippen molar-refractivity contribution < 1.29 is 19.4 Å². The summed E-state index contributed by atoms with van der Waals surface area (Å²) >= 11 is 0. The van der Waals surface area contributed by atoms with Crippen LogP contribution in [0.3, 0.4) is 0 Å². The van der Waals surface area contributed by atoms with Crippen LogP contribution in [0.5, 0.6) is 0 Å². The monoisotopic (exact) mass is 335 g/mol. The van der Waals surface area contributed by atoms with E-state index in [1.807, 2.05) is 0 Å². The summed E-state index contributed by atoms with van der Waals surface area (Å²) in [4.78, 5) is 34.8. The number of carbonyl (C=O) groups is 2. The van der Waals surface area contributed by atoms with Crippen LogP contribution in [-0.2, 0) is 16.1 Å². The molecule has 2 rings (SSSR count). The van der Waals surface area contributed by atoms with Crippen molar-refractivity contribution in [2.24, 2.45) is 0 Å². The first-order chi connectivity index (χ1) is 11.3. The van der Waals surface area contributed by atoms with E-state index < -0.39 is 17.7 Å². The second-order valence-corrected chi connectivity index (χ2v) is 6.31. The number of carboxylic acids is 1. The van der Waals surface area contributed by atoms with Crippen LogP contribution >= 0.6 is 0 Å². The van der Waals surface area contributed by atoms with Gasteiger partial charge in [0, 0.05) is 13.0 Å². The van der Waals surface area contributed by atoms with Gasteiger partial charge in [0.1, 0.15) is 11.9 Å². The van der Waals surface area contributed by atoms with Crippen molar-refractivity contribution >= 4 is 29.0 Å². The van der Waals surface area contributed by atoms with Crippen molar-refractivity contribution in [3.8, 4) is 0 Å². The zero-order chi connectivity index (χ0) is 17.7. The molecule has 0 aliphatic carbocycles. The molecule has 0 aliphatic rings. The number of hydrogen-bond acceptors (Lipinski definition) is 6. The molecular formula is C15H21N5O4. The Labute approximate surface area is 139 Å². The molecule has 130 valence electrons. The van der Waals surface area contributed by atoms with E-state index in [0.29, 0.717) is 30.6 Å². The highest BCUT2D eigenvalue weighted by Gasteiger charge is 2.18. The van der Waals surface area contributed by atoms with E-state index in [1.165, 1.54) is 6.33 Å². The Bertz CT molecular complexity index is 735. The first-order valence-electron chi connectivity index (χ1n) is 7.64. The minimum Gasteiger partial charge on any atom is -0.481 e. The lowest BCUT2D eigenvalue weighted by Crippen LogP contribution is -2.27. The molecule has 0 saturated heterocycles. The number of nitrogens with zero attached hydrogens (tertiary/aromatic N) is 4. The fraction of sp³-hybridized carbons (Fsp3) is 0.533. The van der Waals surface area contributed by atoms with Gasteiger partial charge >= 0.3 is 12.1 Å². The number of amides is 1. The van der Waals surface area contributed by atoms with Crippen LogP contribution in [0, 0.1) is 0 Å². The predicted molar refractivity (Wildman–Crippen MR) is 86.7 cm³/mol. The zero-order valence-corrected chi connectivity index (χ0v) is 13.9. The standard InChI is InChI=1S/C15H21N5O4/c1-15(2,3)24-14(23)19-12-11-13(17-8-16-12)20(9-18-11)7-5-4-6-10(21)22/h8-9H,4-7H2,1-3H3,(H,21,22)(H,16,17,19,23). The van der Waals surface area contributed by atoms with Crippen molar-refractivity contribution in [1.82, 2.24) is 19.5 Å². The number of aromatic nitrogens is 4. The van der Waals surface area contributed by atoms with Crippen molar-refractivity contribution in [3.05, 3.63) is 12.7 Å². The van der Waals surface area contributed by atoms with Crippen molar-refractivity contribution in [1.29, 1.82) is 0 Å². The minimum atomic E-state index is -0.809. The third-order valence-corrected chi connectivity index (χ3v) is 3.06. The molecule has 2 N–H and O–H groups in total. The highest BCUT2D eigenvalue weighted by atomic mass is 16.6. The van der Waals surface area contributed by atoms with Crippen LogP contribution < -0.4 is 5.32 Å². The second kappa shape index (κ2) is 7.24. The summed E-state index contributed by atoms with van der Waals surface area (Å²) in [6, 6.07) is 0. The molecular weight excluding hydrogens is 314 g/mol. The number of carboxylic acid groups (broad SMARTS) is 1. The van der Waals surface area contributed by atoms with Gasteiger partial charge in [0.25, 0.3) is 0 Å². The average Bonchev–Trinajstić information content (AvgIpc) is 2.85. The highest BCUT2D eigenvalue weighted by Crippen LogP contribution is 2.19. The Morgan fingerprint density at radius 2 is 2.00 bits per heavy atom. The number of fused-ring (bicyclic) bond motifs is 1. The van der Waals surface area contributed by atoms with Crippen LogP contribution in [0.2, 0.25) is 0 Å². The summed E-state index contributed by atoms with van der Waals surface area (Å²) in [6.45, 7) is 5.91. The van der Waals surface area contributed by atoms with Gasteiger partial charge < -0.3 is 14.4 Å². The Balaban J connectivity index is 2.08. The smallest absolute Gasteiger partial charge is 0.413 e. The lowest BCUT2D eigenvalue weighted by atomic mass is 10.2. The molecule has 2 aromatic heterocycles. The maximum Gasteiger partial charge on any atom is 0.413 e. The van der Waals surface area contributed by atoms with Crippen LogP contribution in [0.4, 0.5) is 10.6 Å². The van der Waals surface area contributed by atoms with E-state index >= 15 is 0 Å². The van der Waals surface area contributed by atoms with Gasteiger partial charge in [-0.25, -0.2) is 19.7 Å². The first kappa shape index (κ1) is 17.6. The van der Waals surface area contributed by atoms with Gasteiger partial charge in [0.2, 0.25) is 0 Å². The molecule has 9 nitrogen and oxygen atoms in total. The number of rotatable bonds is 6. The van der Waals surface area contributed by atoms with E-state index in [9.17, 15) is 9.59 Å². The Morgan fingerprint density at radius 1 is 1.25 bits per heavy atom. The van der Waals surface area contributed by atoms with Crippen LogP contribution in [0.1, 0.15) is 40.0 Å². The van der Waals surface area contributed by atoms with Gasteiger partial charge in [-0.1, -0.05) is 0 Å². The third kappa shape index (κ3) is 4.90. The topological polar surface area (TPSA) is 119 Å². The number of aryl methyl sites for hydroxylation is 1. The van der Waals surface area contributed by atoms with E-state index in [0.717, 1.165) is 0 Å². The van der Waals surface area contributed by atoms with Gasteiger partial charge in [0.15, 0.2) is 17.0 Å². The molecule has 24 heavy (non-hydrogen) atoms. The van der Waals surface area contributed by atoms with Gasteiger partial charge in [-0.05, 0) is 33.6 Å². The number of unbranched alkanes of at least 4 members (excludes halogenated alkanes) is 1. The Kier molecular flexibility index (Phi) is 5.32. The molecule has 0 atom stereocenters. The number of aliphatic carboxylic acids is 1. The molecule has 2 aromatic rings. The number of ether oxygens (including phenoxy) is 1. The first-order valence-corrected chi connectivity index (χ1v) is 7.64. The molecule has 0 saturated carbocycles. The summed E-state index contributed by atoms with van der Waals surface area (Å²) in [5, 5.41) is 11.2. The molecule has 9 heteroatoms. The van der Waals surface area contributed by atoms with Crippen molar-refractivity contribution in [2.45, 2.75) is 52.2 Å². The molecule has 0 bridgehead atoms. The van der Waals surface area contributed by atoms with Gasteiger partial charge in [-0.15, -0.1) is 0 Å². The number of carbonyl (C=O) groups excluding carboxylic acids is 1. The molecule has 0 unspecified atom stereocenters. The molecule has 0 radical (unpaired) electrons. The summed E-state index contributed by atoms with van der Waals surface area (Å²) in [5.41, 5.74) is 0.424. The minimum absolute atomic E-state index is 0.132. The fourth-order valence-corrected chi connectivity index (χ4v) is 2.09. The van der Waals surface area contributed by atoms with E-state index in [2.05, 4.69) is 20.3 Å². The van der Waals surface area contributed by atoms with E-state index in [1.54, 1.807) is 31.7 Å². The van der Waals surface area contributed by atoms with Crippen LogP contribution in [-0.4, -0.2) is 42.3 Å². The maximum absolute atomic E-state index is 11.9. The van der Waals surface area contributed by atoms with Crippen LogP contribution in [0.15, 0.2) is 12.7 Å². The van der Waals surface area contributed by atoms with E-state index in [4.69, 9.17) is 9.84 Å². The SMILES string of the molecule is CC(C)(C)OC(=O)Nc1ncnc2c1ncn2CCCCC(=O)O. The lowest BCUT2D eigenvalue weighted by molar-refractivity contribution is -0.137. The Hall–Kier alpha value is -2.71. The van der Waals surface area contributed by atoms with Gasteiger partial charge in [-0.3, -0.25) is 10.1 Å². The largest absolute Gasteiger partial charge is 0.481 e. The average molecular weight is 335 g/mol. The molecule has 0 fully saturated rings. The number of hydrogen-bond donors (Lipinski definition) is 2. The maximum atomic E-state index is 11.9. The van der Waals surface area contributed by atoms with Crippen molar-refractivity contribution in [2.75, 3.05) is 5.32 Å². The molecule has 0 spiro atoms. The quantitative estimate of drug-likeness (QED) is 0.778.